The Hall–Kier alpha value is -3.55. The number of rotatable bonds is 9. The third kappa shape index (κ3) is 5.25. The molecule has 3 rings (SSSR count). The second kappa shape index (κ2) is 9.59. The van der Waals surface area contributed by atoms with Crippen LogP contribution in [0.3, 0.4) is 0 Å². The fourth-order valence-electron chi connectivity index (χ4n) is 2.62. The highest BCUT2D eigenvalue weighted by atomic mass is 16.5. The number of nitrogens with one attached hydrogen (secondary N) is 1. The van der Waals surface area contributed by atoms with Crippen molar-refractivity contribution in [3.63, 3.8) is 0 Å². The van der Waals surface area contributed by atoms with Crippen molar-refractivity contribution in [2.45, 2.75) is 26.0 Å². The third-order valence-corrected chi connectivity index (χ3v) is 4.21. The van der Waals surface area contributed by atoms with Gasteiger partial charge in [-0.05, 0) is 42.8 Å². The highest BCUT2D eigenvalue weighted by Crippen LogP contribution is 2.21. The standard InChI is InChI=1S/C21H23N3O5/c1-4-18(28-16-10-8-15(26-2)9-11-16)21(25)22-13-19-23-20(24-29-19)14-6-5-7-17(12-14)27-3/h5-12,18H,4,13H2,1-3H3,(H,22,25). The molecule has 2 aromatic carbocycles. The van der Waals surface area contributed by atoms with Crippen LogP contribution in [0.4, 0.5) is 0 Å². The first-order chi connectivity index (χ1) is 14.1. The number of hydrogen-bond donors (Lipinski definition) is 1. The lowest BCUT2D eigenvalue weighted by Gasteiger charge is -2.16. The van der Waals surface area contributed by atoms with Crippen LogP contribution >= 0.6 is 0 Å². The zero-order valence-electron chi connectivity index (χ0n) is 16.5. The summed E-state index contributed by atoms with van der Waals surface area (Å²) in [5.74, 6) is 2.47. The fraction of sp³-hybridized carbons (Fsp3) is 0.286. The molecule has 3 aromatic rings. The molecule has 0 aliphatic rings. The number of ether oxygens (including phenoxy) is 3. The van der Waals surface area contributed by atoms with E-state index in [-0.39, 0.29) is 12.5 Å². The number of nitrogens with zero attached hydrogens (tertiary/aromatic N) is 2. The molecule has 1 unspecified atom stereocenters. The minimum atomic E-state index is -0.635. The lowest BCUT2D eigenvalue weighted by Crippen LogP contribution is -2.37. The molecule has 0 aliphatic carbocycles. The molecule has 1 amide bonds. The van der Waals surface area contributed by atoms with Gasteiger partial charge in [-0.2, -0.15) is 4.98 Å². The molecule has 152 valence electrons. The van der Waals surface area contributed by atoms with E-state index in [1.165, 1.54) is 0 Å². The van der Waals surface area contributed by atoms with E-state index in [0.29, 0.717) is 29.6 Å². The topological polar surface area (TPSA) is 95.7 Å². The third-order valence-electron chi connectivity index (χ3n) is 4.21. The Kier molecular flexibility index (Phi) is 6.67. The summed E-state index contributed by atoms with van der Waals surface area (Å²) in [6, 6.07) is 14.4. The van der Waals surface area contributed by atoms with Gasteiger partial charge in [-0.1, -0.05) is 24.2 Å². The fourth-order valence-corrected chi connectivity index (χ4v) is 2.62. The number of hydrogen-bond acceptors (Lipinski definition) is 7. The molecule has 0 saturated carbocycles. The SMILES string of the molecule is CCC(Oc1ccc(OC)cc1)C(=O)NCc1nc(-c2cccc(OC)c2)no1. The lowest BCUT2D eigenvalue weighted by atomic mass is 10.2. The van der Waals surface area contributed by atoms with Crippen LogP contribution < -0.4 is 19.5 Å². The Morgan fingerprint density at radius 1 is 1.07 bits per heavy atom. The quantitative estimate of drug-likeness (QED) is 0.592. The normalized spacial score (nSPS) is 11.6. The van der Waals surface area contributed by atoms with Gasteiger partial charge in [0.15, 0.2) is 6.10 Å². The summed E-state index contributed by atoms with van der Waals surface area (Å²) in [5, 5.41) is 6.72. The maximum Gasteiger partial charge on any atom is 0.261 e. The van der Waals surface area contributed by atoms with Crippen molar-refractivity contribution in [1.29, 1.82) is 0 Å². The maximum atomic E-state index is 12.5. The van der Waals surface area contributed by atoms with Gasteiger partial charge in [0, 0.05) is 5.56 Å². The largest absolute Gasteiger partial charge is 0.497 e. The minimum absolute atomic E-state index is 0.109. The predicted molar refractivity (Wildman–Crippen MR) is 106 cm³/mol. The van der Waals surface area contributed by atoms with Crippen LogP contribution in [-0.4, -0.2) is 36.4 Å². The first-order valence-corrected chi connectivity index (χ1v) is 9.18. The van der Waals surface area contributed by atoms with E-state index in [9.17, 15) is 4.79 Å². The molecule has 0 fully saturated rings. The van der Waals surface area contributed by atoms with Crippen molar-refractivity contribution in [1.82, 2.24) is 15.5 Å². The zero-order valence-corrected chi connectivity index (χ0v) is 16.5. The average Bonchev–Trinajstić information content (AvgIpc) is 3.25. The summed E-state index contributed by atoms with van der Waals surface area (Å²) in [4.78, 5) is 16.8. The number of carbonyl (C=O) groups is 1. The summed E-state index contributed by atoms with van der Waals surface area (Å²) in [7, 11) is 3.18. The Labute approximate surface area is 168 Å². The van der Waals surface area contributed by atoms with Gasteiger partial charge in [0.05, 0.1) is 20.8 Å². The highest BCUT2D eigenvalue weighted by molar-refractivity contribution is 5.81. The Balaban J connectivity index is 1.58. The van der Waals surface area contributed by atoms with E-state index < -0.39 is 6.10 Å². The van der Waals surface area contributed by atoms with Crippen molar-refractivity contribution < 1.29 is 23.5 Å². The highest BCUT2D eigenvalue weighted by Gasteiger charge is 2.19. The molecule has 0 bridgehead atoms. The zero-order chi connectivity index (χ0) is 20.6. The molecule has 0 aliphatic heterocycles. The van der Waals surface area contributed by atoms with Crippen molar-refractivity contribution in [2.24, 2.45) is 0 Å². The van der Waals surface area contributed by atoms with Gasteiger partial charge in [0.1, 0.15) is 17.2 Å². The summed E-state index contributed by atoms with van der Waals surface area (Å²) in [6.07, 6.45) is -0.124. The van der Waals surface area contributed by atoms with Crippen LogP contribution in [0.15, 0.2) is 53.1 Å². The molecular weight excluding hydrogens is 374 g/mol. The van der Waals surface area contributed by atoms with Crippen molar-refractivity contribution >= 4 is 5.91 Å². The van der Waals surface area contributed by atoms with E-state index in [1.807, 2.05) is 31.2 Å². The average molecular weight is 397 g/mol. The Morgan fingerprint density at radius 2 is 1.79 bits per heavy atom. The molecule has 1 aromatic heterocycles. The molecule has 1 heterocycles. The Morgan fingerprint density at radius 3 is 2.48 bits per heavy atom. The first-order valence-electron chi connectivity index (χ1n) is 9.18. The van der Waals surface area contributed by atoms with Crippen LogP contribution in [0, 0.1) is 0 Å². The number of benzene rings is 2. The maximum absolute atomic E-state index is 12.5. The molecule has 1 atom stereocenters. The van der Waals surface area contributed by atoms with Gasteiger partial charge in [-0.15, -0.1) is 0 Å². The van der Waals surface area contributed by atoms with Gasteiger partial charge in [-0.3, -0.25) is 4.79 Å². The molecular formula is C21H23N3O5. The molecule has 8 heteroatoms. The summed E-state index contributed by atoms with van der Waals surface area (Å²) in [5.41, 5.74) is 0.764. The summed E-state index contributed by atoms with van der Waals surface area (Å²) >= 11 is 0. The van der Waals surface area contributed by atoms with E-state index in [1.54, 1.807) is 38.5 Å². The van der Waals surface area contributed by atoms with Gasteiger partial charge < -0.3 is 24.1 Å². The van der Waals surface area contributed by atoms with Crippen LogP contribution in [0.5, 0.6) is 17.2 Å². The van der Waals surface area contributed by atoms with E-state index in [0.717, 1.165) is 11.3 Å². The van der Waals surface area contributed by atoms with E-state index in [2.05, 4.69) is 15.5 Å². The summed E-state index contributed by atoms with van der Waals surface area (Å²) in [6.45, 7) is 1.99. The molecule has 8 nitrogen and oxygen atoms in total. The van der Waals surface area contributed by atoms with Gasteiger partial charge in [0.25, 0.3) is 5.91 Å². The molecule has 29 heavy (non-hydrogen) atoms. The summed E-state index contributed by atoms with van der Waals surface area (Å²) < 4.78 is 21.3. The van der Waals surface area contributed by atoms with Gasteiger partial charge in [0.2, 0.25) is 11.7 Å². The van der Waals surface area contributed by atoms with Crippen molar-refractivity contribution in [3.8, 4) is 28.6 Å². The smallest absolute Gasteiger partial charge is 0.261 e. The van der Waals surface area contributed by atoms with Crippen LogP contribution in [0.1, 0.15) is 19.2 Å². The van der Waals surface area contributed by atoms with E-state index >= 15 is 0 Å². The van der Waals surface area contributed by atoms with Crippen molar-refractivity contribution in [3.05, 3.63) is 54.4 Å². The second-order valence-corrected chi connectivity index (χ2v) is 6.15. The predicted octanol–water partition coefficient (Wildman–Crippen LogP) is 3.23. The Bertz CT molecular complexity index is 939. The molecule has 0 saturated heterocycles. The second-order valence-electron chi connectivity index (χ2n) is 6.15. The molecule has 0 spiro atoms. The van der Waals surface area contributed by atoms with Crippen molar-refractivity contribution in [2.75, 3.05) is 14.2 Å². The number of aromatic nitrogens is 2. The van der Waals surface area contributed by atoms with Gasteiger partial charge >= 0.3 is 0 Å². The lowest BCUT2D eigenvalue weighted by molar-refractivity contribution is -0.128. The number of amides is 1. The molecule has 1 N–H and O–H groups in total. The first kappa shape index (κ1) is 20.2. The van der Waals surface area contributed by atoms with Crippen LogP contribution in [0.2, 0.25) is 0 Å². The van der Waals surface area contributed by atoms with Crippen LogP contribution in [0.25, 0.3) is 11.4 Å². The van der Waals surface area contributed by atoms with E-state index in [4.69, 9.17) is 18.7 Å². The number of methoxy groups -OCH3 is 2. The van der Waals surface area contributed by atoms with Crippen LogP contribution in [-0.2, 0) is 11.3 Å². The monoisotopic (exact) mass is 397 g/mol. The molecule has 0 radical (unpaired) electrons. The number of carbonyl (C=O) groups excluding carboxylic acids is 1. The minimum Gasteiger partial charge on any atom is -0.497 e. The van der Waals surface area contributed by atoms with Gasteiger partial charge in [-0.25, -0.2) is 0 Å².